The van der Waals surface area contributed by atoms with E-state index in [-0.39, 0.29) is 12.4 Å². The van der Waals surface area contributed by atoms with Gasteiger partial charge in [0, 0.05) is 29.7 Å². The average molecular weight is 388 g/mol. The third-order valence-corrected chi connectivity index (χ3v) is 7.15. The zero-order chi connectivity index (χ0) is 16.4. The van der Waals surface area contributed by atoms with Crippen LogP contribution in [0, 0.1) is 12.8 Å². The summed E-state index contributed by atoms with van der Waals surface area (Å²) in [7, 11) is -3.45. The summed E-state index contributed by atoms with van der Waals surface area (Å²) in [5, 5.41) is 2.81. The maximum Gasteiger partial charge on any atom is 0.243 e. The monoisotopic (exact) mass is 387 g/mol. The van der Waals surface area contributed by atoms with E-state index in [1.54, 1.807) is 22.5 Å². The van der Waals surface area contributed by atoms with E-state index in [0.717, 1.165) is 29.1 Å². The third-order valence-electron chi connectivity index (χ3n) is 4.24. The number of sulfonamides is 1. The van der Waals surface area contributed by atoms with Crippen molar-refractivity contribution in [3.63, 3.8) is 0 Å². The molecule has 8 heteroatoms. The number of rotatable bonds is 4. The van der Waals surface area contributed by atoms with Crippen molar-refractivity contribution in [2.75, 3.05) is 19.6 Å². The Kier molecular flexibility index (Phi) is 6.39. The molecule has 1 aliphatic heterocycles. The van der Waals surface area contributed by atoms with Gasteiger partial charge >= 0.3 is 0 Å². The van der Waals surface area contributed by atoms with Crippen LogP contribution in [0.25, 0.3) is 10.6 Å². The van der Waals surface area contributed by atoms with Crippen molar-refractivity contribution in [1.29, 1.82) is 0 Å². The number of hydrogen-bond acceptors (Lipinski definition) is 5. The second-order valence-corrected chi connectivity index (χ2v) is 8.70. The fourth-order valence-corrected chi connectivity index (χ4v) is 5.12. The highest BCUT2D eigenvalue weighted by Gasteiger charge is 2.29. The normalized spacial score (nSPS) is 16.8. The third kappa shape index (κ3) is 3.97. The summed E-state index contributed by atoms with van der Waals surface area (Å²) in [4.78, 5) is 4.78. The fraction of sp³-hybridized carbons (Fsp3) is 0.438. The van der Waals surface area contributed by atoms with Crippen molar-refractivity contribution in [2.24, 2.45) is 11.7 Å². The zero-order valence-corrected chi connectivity index (χ0v) is 16.0. The molecule has 2 N–H and O–H groups in total. The molecule has 1 saturated heterocycles. The average Bonchev–Trinajstić information content (AvgIpc) is 3.01. The smallest absolute Gasteiger partial charge is 0.243 e. The lowest BCUT2D eigenvalue weighted by Crippen LogP contribution is -2.40. The SMILES string of the molecule is Cc1csc(-c2cccc(S(=O)(=O)N3CCC(CN)CC3)c2)n1.Cl. The number of halogens is 1. The van der Waals surface area contributed by atoms with Crippen LogP contribution in [0.15, 0.2) is 34.5 Å². The van der Waals surface area contributed by atoms with E-state index in [4.69, 9.17) is 5.73 Å². The highest BCUT2D eigenvalue weighted by molar-refractivity contribution is 7.89. The Morgan fingerprint density at radius 3 is 2.62 bits per heavy atom. The van der Waals surface area contributed by atoms with E-state index in [0.29, 0.717) is 30.4 Å². The van der Waals surface area contributed by atoms with Crippen LogP contribution in [0.3, 0.4) is 0 Å². The van der Waals surface area contributed by atoms with Crippen LogP contribution in [-0.4, -0.2) is 37.3 Å². The van der Waals surface area contributed by atoms with Crippen molar-refractivity contribution < 1.29 is 8.42 Å². The minimum Gasteiger partial charge on any atom is -0.330 e. The number of aromatic nitrogens is 1. The summed E-state index contributed by atoms with van der Waals surface area (Å²) in [6.45, 7) is 3.66. The molecule has 1 aromatic carbocycles. The summed E-state index contributed by atoms with van der Waals surface area (Å²) in [5.41, 5.74) is 7.48. The van der Waals surface area contributed by atoms with E-state index in [2.05, 4.69) is 4.98 Å². The molecule has 0 bridgehead atoms. The molecule has 2 heterocycles. The molecule has 1 aromatic heterocycles. The summed E-state index contributed by atoms with van der Waals surface area (Å²) >= 11 is 1.53. The number of nitrogens with two attached hydrogens (primary N) is 1. The molecule has 1 aliphatic rings. The standard InChI is InChI=1S/C16H21N3O2S2.ClH/c1-12-11-22-16(18-12)14-3-2-4-15(9-14)23(20,21)19-7-5-13(10-17)6-8-19;/h2-4,9,11,13H,5-8,10,17H2,1H3;1H. The van der Waals surface area contributed by atoms with Gasteiger partial charge in [0.1, 0.15) is 5.01 Å². The van der Waals surface area contributed by atoms with Gasteiger partial charge < -0.3 is 5.73 Å². The number of thiazole rings is 1. The quantitative estimate of drug-likeness (QED) is 0.875. The van der Waals surface area contributed by atoms with Crippen LogP contribution in [0.2, 0.25) is 0 Å². The van der Waals surface area contributed by atoms with Gasteiger partial charge in [-0.15, -0.1) is 23.7 Å². The molecule has 1 fully saturated rings. The van der Waals surface area contributed by atoms with Gasteiger partial charge in [-0.1, -0.05) is 12.1 Å². The van der Waals surface area contributed by atoms with Crippen molar-refractivity contribution in [3.05, 3.63) is 35.3 Å². The number of nitrogens with zero attached hydrogens (tertiary/aromatic N) is 2. The van der Waals surface area contributed by atoms with Gasteiger partial charge in [0.05, 0.1) is 4.90 Å². The largest absolute Gasteiger partial charge is 0.330 e. The Labute approximate surface area is 153 Å². The van der Waals surface area contributed by atoms with Gasteiger partial charge in [-0.25, -0.2) is 13.4 Å². The van der Waals surface area contributed by atoms with Crippen molar-refractivity contribution in [2.45, 2.75) is 24.7 Å². The van der Waals surface area contributed by atoms with Gasteiger partial charge in [0.15, 0.2) is 0 Å². The predicted molar refractivity (Wildman–Crippen MR) is 100 cm³/mol. The number of aryl methyl sites for hydroxylation is 1. The van der Waals surface area contributed by atoms with Crippen LogP contribution in [0.4, 0.5) is 0 Å². The topological polar surface area (TPSA) is 76.3 Å². The number of hydrogen-bond donors (Lipinski definition) is 1. The Morgan fingerprint density at radius 1 is 1.33 bits per heavy atom. The minimum atomic E-state index is -3.45. The molecule has 24 heavy (non-hydrogen) atoms. The van der Waals surface area contributed by atoms with Crippen LogP contribution in [0.5, 0.6) is 0 Å². The first-order valence-electron chi connectivity index (χ1n) is 7.73. The Hall–Kier alpha value is -0.990. The Balaban J connectivity index is 0.00000208. The molecule has 2 aromatic rings. The second kappa shape index (κ2) is 7.93. The Bertz CT molecular complexity index is 784. The van der Waals surface area contributed by atoms with E-state index in [1.165, 1.54) is 11.3 Å². The Morgan fingerprint density at radius 2 is 2.04 bits per heavy atom. The van der Waals surface area contributed by atoms with Crippen molar-refractivity contribution in [3.8, 4) is 10.6 Å². The maximum absolute atomic E-state index is 12.8. The highest BCUT2D eigenvalue weighted by atomic mass is 35.5. The van der Waals surface area contributed by atoms with Crippen molar-refractivity contribution in [1.82, 2.24) is 9.29 Å². The molecule has 0 radical (unpaired) electrons. The number of piperidine rings is 1. The summed E-state index contributed by atoms with van der Waals surface area (Å²) in [5.74, 6) is 0.436. The van der Waals surface area contributed by atoms with E-state index in [9.17, 15) is 8.42 Å². The molecular weight excluding hydrogens is 366 g/mol. The molecule has 0 spiro atoms. The van der Waals surface area contributed by atoms with Gasteiger partial charge in [-0.3, -0.25) is 0 Å². The molecule has 0 saturated carbocycles. The summed E-state index contributed by atoms with van der Waals surface area (Å²) in [6.07, 6.45) is 1.67. The lowest BCUT2D eigenvalue weighted by Gasteiger charge is -2.30. The minimum absolute atomic E-state index is 0. The molecule has 0 atom stereocenters. The van der Waals surface area contributed by atoms with E-state index < -0.39 is 10.0 Å². The van der Waals surface area contributed by atoms with Crippen LogP contribution < -0.4 is 5.73 Å². The highest BCUT2D eigenvalue weighted by Crippen LogP contribution is 2.28. The van der Waals surface area contributed by atoms with Crippen molar-refractivity contribution >= 4 is 33.8 Å². The molecule has 3 rings (SSSR count). The first kappa shape index (κ1) is 19.3. The molecule has 0 amide bonds. The molecule has 132 valence electrons. The van der Waals surface area contributed by atoms with Crippen LogP contribution in [0.1, 0.15) is 18.5 Å². The molecule has 0 unspecified atom stereocenters. The van der Waals surface area contributed by atoms with Crippen LogP contribution >= 0.6 is 23.7 Å². The molecule has 0 aliphatic carbocycles. The predicted octanol–water partition coefficient (Wildman–Crippen LogP) is 2.90. The molecule has 5 nitrogen and oxygen atoms in total. The van der Waals surface area contributed by atoms with Crippen LogP contribution in [-0.2, 0) is 10.0 Å². The summed E-state index contributed by atoms with van der Waals surface area (Å²) in [6, 6.07) is 7.07. The van der Waals surface area contributed by atoms with Gasteiger partial charge in [0.2, 0.25) is 10.0 Å². The first-order chi connectivity index (χ1) is 11.0. The fourth-order valence-electron chi connectivity index (χ4n) is 2.81. The zero-order valence-electron chi connectivity index (χ0n) is 13.5. The van der Waals surface area contributed by atoms with E-state index in [1.807, 2.05) is 18.4 Å². The van der Waals surface area contributed by atoms with Gasteiger partial charge in [-0.05, 0) is 44.4 Å². The lowest BCUT2D eigenvalue weighted by molar-refractivity contribution is 0.278. The second-order valence-electron chi connectivity index (χ2n) is 5.91. The van der Waals surface area contributed by atoms with Gasteiger partial charge in [0.25, 0.3) is 0 Å². The first-order valence-corrected chi connectivity index (χ1v) is 10.1. The van der Waals surface area contributed by atoms with Gasteiger partial charge in [-0.2, -0.15) is 4.31 Å². The maximum atomic E-state index is 12.8. The molecular formula is C16H22ClN3O2S2. The lowest BCUT2D eigenvalue weighted by atomic mass is 9.99. The number of benzene rings is 1. The van der Waals surface area contributed by atoms with E-state index >= 15 is 0 Å². The summed E-state index contributed by atoms with van der Waals surface area (Å²) < 4.78 is 27.3.